The molecule has 0 saturated heterocycles. The maximum absolute atomic E-state index is 12.8. The van der Waals surface area contributed by atoms with E-state index in [9.17, 15) is 19.3 Å². The number of rotatable bonds is 2. The first-order chi connectivity index (χ1) is 6.56. The minimum absolute atomic E-state index is 0.153. The van der Waals surface area contributed by atoms with Crippen LogP contribution in [0.25, 0.3) is 0 Å². The Balaban J connectivity index is 3.19. The molecule has 71 valence electrons. The fraction of sp³-hybridized carbons (Fsp3) is 0. The van der Waals surface area contributed by atoms with Crippen LogP contribution in [0.1, 0.15) is 10.4 Å². The summed E-state index contributed by atoms with van der Waals surface area (Å²) in [6.45, 7) is 0. The van der Waals surface area contributed by atoms with Gasteiger partial charge in [0.15, 0.2) is 0 Å². The van der Waals surface area contributed by atoms with Crippen molar-refractivity contribution in [2.24, 2.45) is 0 Å². The molecule has 0 aliphatic heterocycles. The van der Waals surface area contributed by atoms with E-state index in [1.165, 1.54) is 6.07 Å². The second kappa shape index (κ2) is 4.74. The van der Waals surface area contributed by atoms with Gasteiger partial charge in [-0.25, -0.2) is 0 Å². The van der Waals surface area contributed by atoms with E-state index in [0.717, 1.165) is 42.2 Å². The van der Waals surface area contributed by atoms with Crippen molar-refractivity contribution in [3.63, 3.8) is 0 Å². The molecule has 0 spiro atoms. The molecule has 1 rings (SSSR count). The van der Waals surface area contributed by atoms with Crippen LogP contribution in [0, 0.1) is 15.9 Å². The summed E-state index contributed by atoms with van der Waals surface area (Å²) in [7, 11) is 1.01. The van der Waals surface area contributed by atoms with E-state index in [0.29, 0.717) is 0 Å². The van der Waals surface area contributed by atoms with Crippen molar-refractivity contribution in [1.82, 2.24) is 0 Å². The molecule has 4 nitrogen and oxygen atoms in total. The Morgan fingerprint density at radius 2 is 2.21 bits per heavy atom. The Morgan fingerprint density at radius 3 is 2.71 bits per heavy atom. The van der Waals surface area contributed by atoms with Crippen LogP contribution in [0.3, 0.4) is 0 Å². The molecular formula is C7H3FNO3SSn. The molecule has 1 aromatic rings. The van der Waals surface area contributed by atoms with Gasteiger partial charge in [0.25, 0.3) is 0 Å². The van der Waals surface area contributed by atoms with E-state index in [-0.39, 0.29) is 10.7 Å². The van der Waals surface area contributed by atoms with Gasteiger partial charge in [0, 0.05) is 0 Å². The molecular weight excluding hydrogens is 316 g/mol. The SMILES string of the molecule is O=C([S][Sn])c1ccc(F)c([N+](=O)[O-])c1. The van der Waals surface area contributed by atoms with Crippen molar-refractivity contribution in [3.8, 4) is 0 Å². The quantitative estimate of drug-likeness (QED) is 0.473. The molecule has 0 fully saturated rings. The summed E-state index contributed by atoms with van der Waals surface area (Å²) in [5.41, 5.74) is -0.513. The van der Waals surface area contributed by atoms with Gasteiger partial charge < -0.3 is 0 Å². The fourth-order valence-corrected chi connectivity index (χ4v) is 2.09. The third-order valence-corrected chi connectivity index (χ3v) is 3.48. The van der Waals surface area contributed by atoms with E-state index < -0.39 is 16.4 Å². The molecule has 14 heavy (non-hydrogen) atoms. The first-order valence-corrected chi connectivity index (χ1v) is 7.69. The first kappa shape index (κ1) is 11.4. The zero-order chi connectivity index (χ0) is 10.7. The summed E-state index contributed by atoms with van der Waals surface area (Å²) in [4.78, 5) is 20.6. The zero-order valence-electron chi connectivity index (χ0n) is 6.69. The number of benzene rings is 1. The van der Waals surface area contributed by atoms with E-state index in [2.05, 4.69) is 0 Å². The molecule has 0 aromatic heterocycles. The summed E-state index contributed by atoms with van der Waals surface area (Å²) in [6.07, 6.45) is 0. The van der Waals surface area contributed by atoms with Crippen LogP contribution in [0.4, 0.5) is 10.1 Å². The van der Waals surface area contributed by atoms with E-state index in [4.69, 9.17) is 0 Å². The minimum atomic E-state index is -0.930. The molecule has 0 amide bonds. The summed E-state index contributed by atoms with van der Waals surface area (Å²) >= 11 is 0.938. The Morgan fingerprint density at radius 1 is 1.57 bits per heavy atom. The average molecular weight is 319 g/mol. The van der Waals surface area contributed by atoms with E-state index >= 15 is 0 Å². The summed E-state index contributed by atoms with van der Waals surface area (Å²) in [5, 5.41) is 10.1. The number of carbonyl (C=O) groups is 1. The fourth-order valence-electron chi connectivity index (χ4n) is 0.838. The monoisotopic (exact) mass is 320 g/mol. The van der Waals surface area contributed by atoms with Gasteiger partial charge in [0.1, 0.15) is 0 Å². The van der Waals surface area contributed by atoms with Gasteiger partial charge >= 0.3 is 94.7 Å². The second-order valence-corrected chi connectivity index (χ2v) is 4.64. The number of halogens is 1. The van der Waals surface area contributed by atoms with Gasteiger partial charge in [-0.15, -0.1) is 0 Å². The molecule has 0 bridgehead atoms. The van der Waals surface area contributed by atoms with Gasteiger partial charge in [-0.3, -0.25) is 0 Å². The van der Waals surface area contributed by atoms with Crippen LogP contribution in [0.15, 0.2) is 18.2 Å². The van der Waals surface area contributed by atoms with Crippen LogP contribution in [-0.2, 0) is 0 Å². The van der Waals surface area contributed by atoms with Crippen molar-refractivity contribution in [1.29, 1.82) is 0 Å². The number of nitro groups is 1. The van der Waals surface area contributed by atoms with Crippen LogP contribution >= 0.6 is 8.95 Å². The molecule has 7 heteroatoms. The third-order valence-electron chi connectivity index (χ3n) is 1.47. The average Bonchev–Trinajstić information content (AvgIpc) is 2.17. The number of nitrogens with zero attached hydrogens (tertiary/aromatic N) is 1. The van der Waals surface area contributed by atoms with Crippen LogP contribution in [-0.4, -0.2) is 31.2 Å². The van der Waals surface area contributed by atoms with Gasteiger partial charge in [-0.05, 0) is 0 Å². The topological polar surface area (TPSA) is 60.2 Å². The van der Waals surface area contributed by atoms with Gasteiger partial charge in [0.05, 0.1) is 0 Å². The van der Waals surface area contributed by atoms with Crippen LogP contribution < -0.4 is 0 Å². The number of carbonyl (C=O) groups excluding carboxylic acids is 1. The van der Waals surface area contributed by atoms with Crippen molar-refractivity contribution < 1.29 is 14.1 Å². The molecule has 3 radical (unpaired) electrons. The van der Waals surface area contributed by atoms with E-state index in [1.54, 1.807) is 0 Å². The van der Waals surface area contributed by atoms with Crippen molar-refractivity contribution in [3.05, 3.63) is 39.7 Å². The maximum atomic E-state index is 12.8. The second-order valence-electron chi connectivity index (χ2n) is 2.31. The Labute approximate surface area is 94.6 Å². The van der Waals surface area contributed by atoms with Crippen molar-refractivity contribution >= 4 is 40.9 Å². The van der Waals surface area contributed by atoms with Crippen LogP contribution in [0.5, 0.6) is 0 Å². The number of nitro benzene ring substituents is 1. The molecule has 0 heterocycles. The van der Waals surface area contributed by atoms with Gasteiger partial charge in [-0.1, -0.05) is 0 Å². The summed E-state index contributed by atoms with van der Waals surface area (Å²) in [5.74, 6) is -0.930. The molecule has 0 atom stereocenters. The van der Waals surface area contributed by atoms with Crippen LogP contribution in [0.2, 0.25) is 0 Å². The standard InChI is InChI=1S/C7H4FNO3S.Sn/c8-5-2-1-4(7(10)13)3-6(5)9(11)12;/h1-3H,(H,10,13);/q;+1/p-1. The Kier molecular flexibility index (Phi) is 3.87. The molecule has 0 N–H and O–H groups in total. The summed E-state index contributed by atoms with van der Waals surface area (Å²) in [6, 6.07) is 3.12. The van der Waals surface area contributed by atoms with Gasteiger partial charge in [-0.2, -0.15) is 0 Å². The summed E-state index contributed by atoms with van der Waals surface area (Å²) < 4.78 is 12.8. The third kappa shape index (κ3) is 2.44. The first-order valence-electron chi connectivity index (χ1n) is 3.38. The molecule has 0 unspecified atom stereocenters. The number of hydrogen-bond donors (Lipinski definition) is 0. The Bertz CT molecular complexity index is 399. The molecule has 1 aromatic carbocycles. The zero-order valence-corrected chi connectivity index (χ0v) is 10.4. The van der Waals surface area contributed by atoms with E-state index in [1.807, 2.05) is 0 Å². The molecule has 0 aliphatic rings. The predicted molar refractivity (Wildman–Crippen MR) is 50.7 cm³/mol. The Hall–Kier alpha value is -0.631. The van der Waals surface area contributed by atoms with Crippen molar-refractivity contribution in [2.45, 2.75) is 0 Å². The molecule has 0 aliphatic carbocycles. The van der Waals surface area contributed by atoms with Gasteiger partial charge in [0.2, 0.25) is 0 Å². The normalized spacial score (nSPS) is 9.86. The number of hydrogen-bond acceptors (Lipinski definition) is 4. The predicted octanol–water partition coefficient (Wildman–Crippen LogP) is 1.69. The molecule has 0 saturated carbocycles. The van der Waals surface area contributed by atoms with Crippen molar-refractivity contribution in [2.75, 3.05) is 0 Å².